The fourth-order valence-corrected chi connectivity index (χ4v) is 2.99. The molecule has 0 amide bonds. The van der Waals surface area contributed by atoms with Gasteiger partial charge in [0.15, 0.2) is 0 Å². The first-order chi connectivity index (χ1) is 9.85. The summed E-state index contributed by atoms with van der Waals surface area (Å²) in [5.74, 6) is 0.831. The van der Waals surface area contributed by atoms with Crippen molar-refractivity contribution >= 4 is 0 Å². The Morgan fingerprint density at radius 1 is 1.25 bits per heavy atom. The van der Waals surface area contributed by atoms with E-state index in [0.717, 1.165) is 19.3 Å². The van der Waals surface area contributed by atoms with Crippen molar-refractivity contribution in [1.82, 2.24) is 0 Å². The van der Waals surface area contributed by atoms with Crippen LogP contribution in [0.2, 0.25) is 0 Å². The molecular weight excluding hydrogens is 252 g/mol. The molecule has 110 valence electrons. The summed E-state index contributed by atoms with van der Waals surface area (Å²) in [7, 11) is 1.66. The first-order valence-electron chi connectivity index (χ1n) is 7.31. The molecule has 1 N–H and O–H groups in total. The minimum absolute atomic E-state index is 0.221. The Kier molecular flexibility index (Phi) is 6.09. The Hall–Kier alpha value is -1.32. The summed E-state index contributed by atoms with van der Waals surface area (Å²) >= 11 is 0. The Balaban J connectivity index is 1.93. The highest BCUT2D eigenvalue weighted by atomic mass is 16.5. The lowest BCUT2D eigenvalue weighted by molar-refractivity contribution is 0.0200. The van der Waals surface area contributed by atoms with Crippen molar-refractivity contribution in [3.05, 3.63) is 48.2 Å². The van der Waals surface area contributed by atoms with Gasteiger partial charge in [0, 0.05) is 12.5 Å². The molecule has 2 rings (SSSR count). The summed E-state index contributed by atoms with van der Waals surface area (Å²) in [5.41, 5.74) is 1.20. The van der Waals surface area contributed by atoms with Crippen LogP contribution in [0.25, 0.3) is 0 Å². The van der Waals surface area contributed by atoms with Crippen molar-refractivity contribution in [3.8, 4) is 0 Å². The van der Waals surface area contributed by atoms with Gasteiger partial charge in [-0.1, -0.05) is 30.3 Å². The van der Waals surface area contributed by atoms with Crippen LogP contribution in [-0.4, -0.2) is 24.9 Å². The van der Waals surface area contributed by atoms with Crippen LogP contribution in [0.4, 0.5) is 0 Å². The number of benzene rings is 1. The van der Waals surface area contributed by atoms with E-state index in [-0.39, 0.29) is 12.7 Å². The Bertz CT molecular complexity index is 402. The Morgan fingerprint density at radius 3 is 2.75 bits per heavy atom. The summed E-state index contributed by atoms with van der Waals surface area (Å²) in [6.07, 6.45) is 7.04. The van der Waals surface area contributed by atoms with Gasteiger partial charge in [-0.25, -0.2) is 0 Å². The second-order valence-electron chi connectivity index (χ2n) is 5.33. The van der Waals surface area contributed by atoms with E-state index in [1.54, 1.807) is 13.4 Å². The second-order valence-corrected chi connectivity index (χ2v) is 5.33. The molecule has 0 unspecified atom stereocenters. The molecule has 1 saturated carbocycles. The molecule has 1 aliphatic rings. The summed E-state index contributed by atoms with van der Waals surface area (Å²) in [4.78, 5) is 0. The topological polar surface area (TPSA) is 38.7 Å². The van der Waals surface area contributed by atoms with Gasteiger partial charge in [0.1, 0.15) is 0 Å². The molecule has 0 aliphatic heterocycles. The molecular formula is C17H24O3. The van der Waals surface area contributed by atoms with Crippen LogP contribution in [0.3, 0.4) is 0 Å². The highest BCUT2D eigenvalue weighted by Gasteiger charge is 2.34. The molecule has 3 heteroatoms. The van der Waals surface area contributed by atoms with Crippen LogP contribution in [0.1, 0.15) is 24.8 Å². The summed E-state index contributed by atoms with van der Waals surface area (Å²) in [6, 6.07) is 10.2. The number of hydrogen-bond acceptors (Lipinski definition) is 3. The van der Waals surface area contributed by atoms with Gasteiger partial charge in [-0.05, 0) is 36.8 Å². The van der Waals surface area contributed by atoms with Gasteiger partial charge >= 0.3 is 0 Å². The first-order valence-corrected chi connectivity index (χ1v) is 7.31. The normalized spacial score (nSPS) is 26.2. The van der Waals surface area contributed by atoms with Crippen LogP contribution < -0.4 is 0 Å². The van der Waals surface area contributed by atoms with Crippen LogP contribution in [-0.2, 0) is 16.1 Å². The third kappa shape index (κ3) is 4.09. The van der Waals surface area contributed by atoms with E-state index in [1.165, 1.54) is 5.56 Å². The Labute approximate surface area is 121 Å². The molecule has 20 heavy (non-hydrogen) atoms. The van der Waals surface area contributed by atoms with Gasteiger partial charge in [0.2, 0.25) is 0 Å². The van der Waals surface area contributed by atoms with E-state index in [4.69, 9.17) is 14.6 Å². The van der Waals surface area contributed by atoms with Crippen molar-refractivity contribution in [2.45, 2.75) is 32.0 Å². The zero-order valence-corrected chi connectivity index (χ0v) is 12.1. The number of methoxy groups -OCH3 is 1. The van der Waals surface area contributed by atoms with Crippen molar-refractivity contribution < 1.29 is 14.6 Å². The molecule has 1 aliphatic carbocycles. The third-order valence-corrected chi connectivity index (χ3v) is 4.04. The van der Waals surface area contributed by atoms with Crippen molar-refractivity contribution in [2.24, 2.45) is 11.8 Å². The van der Waals surface area contributed by atoms with Gasteiger partial charge < -0.3 is 14.6 Å². The van der Waals surface area contributed by atoms with Gasteiger partial charge in [-0.3, -0.25) is 0 Å². The fraction of sp³-hybridized carbons (Fsp3) is 0.529. The zero-order chi connectivity index (χ0) is 14.2. The Morgan fingerprint density at radius 2 is 2.05 bits per heavy atom. The number of aliphatic hydroxyl groups is 1. The predicted octanol–water partition coefficient (Wildman–Crippen LogP) is 3.14. The molecule has 1 fully saturated rings. The maximum absolute atomic E-state index is 9.17. The first kappa shape index (κ1) is 15.1. The number of hydrogen-bond donors (Lipinski definition) is 1. The molecule has 0 bridgehead atoms. The largest absolute Gasteiger partial charge is 0.505 e. The molecule has 0 saturated heterocycles. The van der Waals surface area contributed by atoms with E-state index in [0.29, 0.717) is 18.4 Å². The van der Waals surface area contributed by atoms with Crippen LogP contribution >= 0.6 is 0 Å². The minimum Gasteiger partial charge on any atom is -0.505 e. The third-order valence-electron chi connectivity index (χ3n) is 4.04. The SMILES string of the molecule is CO/C=C/[C@H]1[C@@H](CCO)CC[C@H]1OCc1ccccc1. The van der Waals surface area contributed by atoms with Crippen LogP contribution in [0.15, 0.2) is 42.7 Å². The maximum atomic E-state index is 9.17. The molecule has 0 radical (unpaired) electrons. The standard InChI is InChI=1S/C17H24O3/c1-19-12-10-16-15(9-11-18)7-8-17(16)20-13-14-5-3-2-4-6-14/h2-6,10,12,15-18H,7-9,11,13H2,1H3/b12-10+/t15-,16+,17-/m1/s1. The molecule has 1 aromatic rings. The summed E-state index contributed by atoms with van der Waals surface area (Å²) < 4.78 is 11.1. The lowest BCUT2D eigenvalue weighted by Crippen LogP contribution is -2.21. The van der Waals surface area contributed by atoms with Crippen molar-refractivity contribution in [3.63, 3.8) is 0 Å². The number of rotatable bonds is 7. The highest BCUT2D eigenvalue weighted by Crippen LogP contribution is 2.37. The van der Waals surface area contributed by atoms with E-state index >= 15 is 0 Å². The number of aliphatic hydroxyl groups excluding tert-OH is 1. The lowest BCUT2D eigenvalue weighted by Gasteiger charge is -2.21. The summed E-state index contributed by atoms with van der Waals surface area (Å²) in [6.45, 7) is 0.891. The molecule has 0 aromatic heterocycles. The zero-order valence-electron chi connectivity index (χ0n) is 12.1. The quantitative estimate of drug-likeness (QED) is 0.778. The minimum atomic E-state index is 0.221. The molecule has 0 heterocycles. The smallest absolute Gasteiger partial charge is 0.0788 e. The van der Waals surface area contributed by atoms with Crippen molar-refractivity contribution in [2.75, 3.05) is 13.7 Å². The predicted molar refractivity (Wildman–Crippen MR) is 79.1 cm³/mol. The van der Waals surface area contributed by atoms with Gasteiger partial charge in [-0.2, -0.15) is 0 Å². The summed E-state index contributed by atoms with van der Waals surface area (Å²) in [5, 5.41) is 9.17. The average molecular weight is 276 g/mol. The van der Waals surface area contributed by atoms with E-state index in [9.17, 15) is 0 Å². The lowest BCUT2D eigenvalue weighted by atomic mass is 9.92. The van der Waals surface area contributed by atoms with Gasteiger partial charge in [0.25, 0.3) is 0 Å². The van der Waals surface area contributed by atoms with E-state index < -0.39 is 0 Å². The van der Waals surface area contributed by atoms with Crippen LogP contribution in [0, 0.1) is 11.8 Å². The molecule has 3 nitrogen and oxygen atoms in total. The molecule has 3 atom stereocenters. The second kappa shape index (κ2) is 8.08. The van der Waals surface area contributed by atoms with E-state index in [1.807, 2.05) is 18.2 Å². The highest BCUT2D eigenvalue weighted by molar-refractivity contribution is 5.13. The van der Waals surface area contributed by atoms with Crippen LogP contribution in [0.5, 0.6) is 0 Å². The van der Waals surface area contributed by atoms with E-state index in [2.05, 4.69) is 18.2 Å². The van der Waals surface area contributed by atoms with Gasteiger partial charge in [-0.15, -0.1) is 0 Å². The average Bonchev–Trinajstić information content (AvgIpc) is 2.86. The maximum Gasteiger partial charge on any atom is 0.0788 e. The number of ether oxygens (including phenoxy) is 2. The van der Waals surface area contributed by atoms with Gasteiger partial charge in [0.05, 0.1) is 26.1 Å². The molecule has 1 aromatic carbocycles. The molecule has 0 spiro atoms. The monoisotopic (exact) mass is 276 g/mol. The van der Waals surface area contributed by atoms with Crippen molar-refractivity contribution in [1.29, 1.82) is 0 Å². The fourth-order valence-electron chi connectivity index (χ4n) is 2.99.